The maximum atomic E-state index is 10.3. The van der Waals surface area contributed by atoms with Gasteiger partial charge in [-0.05, 0) is 42.9 Å². The van der Waals surface area contributed by atoms with Crippen molar-refractivity contribution in [1.82, 2.24) is 9.80 Å². The Labute approximate surface area is 180 Å². The van der Waals surface area contributed by atoms with Crippen LogP contribution in [0.3, 0.4) is 0 Å². The maximum absolute atomic E-state index is 10.3. The van der Waals surface area contributed by atoms with Crippen LogP contribution in [0.2, 0.25) is 0 Å². The molecule has 3 aromatic rings. The van der Waals surface area contributed by atoms with Crippen molar-refractivity contribution < 1.29 is 9.84 Å². The van der Waals surface area contributed by atoms with Crippen molar-refractivity contribution in [1.29, 1.82) is 0 Å². The summed E-state index contributed by atoms with van der Waals surface area (Å²) < 4.78 is 5.78. The van der Waals surface area contributed by atoms with E-state index in [-0.39, 0.29) is 6.61 Å². The lowest BCUT2D eigenvalue weighted by Gasteiger charge is -2.21. The standard InChI is InChI=1S/C26H32N2O2/c1-27(17-22-9-5-3-6-10-22)19-24-13-15-26(16-14-24)30-21-25(29)20-28(2)18-23-11-7-4-8-12-23/h3-16,25,29H,17-21H2,1-2H3/t25-/m1/s1. The van der Waals surface area contributed by atoms with Gasteiger partial charge in [-0.15, -0.1) is 0 Å². The van der Waals surface area contributed by atoms with E-state index < -0.39 is 6.10 Å². The van der Waals surface area contributed by atoms with Crippen LogP contribution in [0, 0.1) is 0 Å². The number of nitrogens with zero attached hydrogens (tertiary/aromatic N) is 2. The highest BCUT2D eigenvalue weighted by molar-refractivity contribution is 5.27. The Morgan fingerprint density at radius 2 is 1.13 bits per heavy atom. The van der Waals surface area contributed by atoms with Crippen molar-refractivity contribution in [3.05, 3.63) is 102 Å². The first-order chi connectivity index (χ1) is 14.6. The Morgan fingerprint density at radius 3 is 1.67 bits per heavy atom. The highest BCUT2D eigenvalue weighted by Gasteiger charge is 2.10. The molecule has 0 amide bonds. The third-order valence-corrected chi connectivity index (χ3v) is 4.93. The normalized spacial score (nSPS) is 12.3. The molecule has 30 heavy (non-hydrogen) atoms. The van der Waals surface area contributed by atoms with Gasteiger partial charge in [-0.2, -0.15) is 0 Å². The fourth-order valence-corrected chi connectivity index (χ4v) is 3.52. The molecule has 0 aliphatic rings. The summed E-state index contributed by atoms with van der Waals surface area (Å²) in [5.74, 6) is 0.786. The minimum absolute atomic E-state index is 0.284. The molecule has 4 nitrogen and oxygen atoms in total. The smallest absolute Gasteiger partial charge is 0.119 e. The topological polar surface area (TPSA) is 35.9 Å². The highest BCUT2D eigenvalue weighted by Crippen LogP contribution is 2.15. The first-order valence-corrected chi connectivity index (χ1v) is 10.4. The van der Waals surface area contributed by atoms with Crippen LogP contribution in [0.15, 0.2) is 84.9 Å². The Morgan fingerprint density at radius 1 is 0.667 bits per heavy atom. The van der Waals surface area contributed by atoms with Crippen molar-refractivity contribution in [3.63, 3.8) is 0 Å². The summed E-state index contributed by atoms with van der Waals surface area (Å²) in [6.07, 6.45) is -0.532. The molecule has 0 aromatic heterocycles. The molecule has 0 radical (unpaired) electrons. The van der Waals surface area contributed by atoms with Crippen molar-refractivity contribution in [3.8, 4) is 5.75 Å². The first-order valence-electron chi connectivity index (χ1n) is 10.4. The number of rotatable bonds is 11. The van der Waals surface area contributed by atoms with Crippen LogP contribution in [0.5, 0.6) is 5.75 Å². The molecule has 0 fully saturated rings. The molecule has 0 unspecified atom stereocenters. The summed E-state index contributed by atoms with van der Waals surface area (Å²) in [6.45, 7) is 3.45. The molecule has 0 spiro atoms. The monoisotopic (exact) mass is 404 g/mol. The van der Waals surface area contributed by atoms with Gasteiger partial charge in [-0.1, -0.05) is 72.8 Å². The molecule has 3 rings (SSSR count). The molecule has 158 valence electrons. The summed E-state index contributed by atoms with van der Waals surface area (Å²) in [4.78, 5) is 4.40. The van der Waals surface area contributed by atoms with Crippen LogP contribution in [0.4, 0.5) is 0 Å². The van der Waals surface area contributed by atoms with E-state index in [0.29, 0.717) is 6.54 Å². The number of aliphatic hydroxyl groups excluding tert-OH is 1. The van der Waals surface area contributed by atoms with E-state index in [1.165, 1.54) is 16.7 Å². The molecular formula is C26H32N2O2. The molecule has 4 heteroatoms. The number of likely N-dealkylation sites (N-methyl/N-ethyl adjacent to an activating group) is 1. The predicted molar refractivity (Wildman–Crippen MR) is 122 cm³/mol. The van der Waals surface area contributed by atoms with E-state index in [1.807, 2.05) is 43.4 Å². The lowest BCUT2D eigenvalue weighted by molar-refractivity contribution is 0.0744. The van der Waals surface area contributed by atoms with Crippen LogP contribution in [-0.4, -0.2) is 48.3 Å². The Hall–Kier alpha value is -2.66. The molecule has 1 N–H and O–H groups in total. The largest absolute Gasteiger partial charge is 0.491 e. The summed E-state index contributed by atoms with van der Waals surface area (Å²) in [6, 6.07) is 28.9. The number of benzene rings is 3. The van der Waals surface area contributed by atoms with Crippen molar-refractivity contribution in [2.24, 2.45) is 0 Å². The van der Waals surface area contributed by atoms with E-state index in [0.717, 1.165) is 25.4 Å². The average Bonchev–Trinajstić information content (AvgIpc) is 2.74. The minimum Gasteiger partial charge on any atom is -0.491 e. The summed E-state index contributed by atoms with van der Waals surface area (Å²) >= 11 is 0. The van der Waals surface area contributed by atoms with Gasteiger partial charge in [0, 0.05) is 26.2 Å². The van der Waals surface area contributed by atoms with Crippen LogP contribution in [0.25, 0.3) is 0 Å². The number of ether oxygens (including phenoxy) is 1. The second kappa shape index (κ2) is 11.5. The van der Waals surface area contributed by atoms with Crippen LogP contribution >= 0.6 is 0 Å². The van der Waals surface area contributed by atoms with Gasteiger partial charge >= 0.3 is 0 Å². The molecule has 0 bridgehead atoms. The van der Waals surface area contributed by atoms with Gasteiger partial charge < -0.3 is 9.84 Å². The fourth-order valence-electron chi connectivity index (χ4n) is 3.52. The average molecular weight is 405 g/mol. The molecule has 0 saturated carbocycles. The zero-order valence-electron chi connectivity index (χ0n) is 17.9. The molecule has 0 heterocycles. The van der Waals surface area contributed by atoms with E-state index in [4.69, 9.17) is 4.74 Å². The first kappa shape index (κ1) is 22.0. The number of hydrogen-bond acceptors (Lipinski definition) is 4. The van der Waals surface area contributed by atoms with Crippen LogP contribution in [0.1, 0.15) is 16.7 Å². The minimum atomic E-state index is -0.532. The van der Waals surface area contributed by atoms with Gasteiger partial charge in [0.25, 0.3) is 0 Å². The molecule has 0 saturated heterocycles. The van der Waals surface area contributed by atoms with Gasteiger partial charge in [0.1, 0.15) is 18.5 Å². The zero-order chi connectivity index (χ0) is 21.2. The third-order valence-electron chi connectivity index (χ3n) is 4.93. The summed E-state index contributed by atoms with van der Waals surface area (Å²) in [7, 11) is 4.14. The van der Waals surface area contributed by atoms with Crippen LogP contribution in [-0.2, 0) is 19.6 Å². The van der Waals surface area contributed by atoms with Gasteiger partial charge in [0.15, 0.2) is 0 Å². The zero-order valence-corrected chi connectivity index (χ0v) is 17.9. The second-order valence-electron chi connectivity index (χ2n) is 7.95. The van der Waals surface area contributed by atoms with Gasteiger partial charge in [0.2, 0.25) is 0 Å². The lowest BCUT2D eigenvalue weighted by atomic mass is 10.2. The van der Waals surface area contributed by atoms with Gasteiger partial charge in [-0.25, -0.2) is 0 Å². The quantitative estimate of drug-likeness (QED) is 0.520. The van der Waals surface area contributed by atoms with Crippen molar-refractivity contribution in [2.75, 3.05) is 27.2 Å². The molecule has 1 atom stereocenters. The number of aliphatic hydroxyl groups is 1. The summed E-state index contributed by atoms with van der Waals surface area (Å²) in [5, 5.41) is 10.3. The SMILES string of the molecule is CN(Cc1ccccc1)Cc1ccc(OC[C@H](O)CN(C)Cc2ccccc2)cc1. The second-order valence-corrected chi connectivity index (χ2v) is 7.95. The van der Waals surface area contributed by atoms with Crippen molar-refractivity contribution in [2.45, 2.75) is 25.7 Å². The van der Waals surface area contributed by atoms with Gasteiger partial charge in [-0.3, -0.25) is 9.80 Å². The van der Waals surface area contributed by atoms with E-state index in [9.17, 15) is 5.11 Å². The van der Waals surface area contributed by atoms with Crippen LogP contribution < -0.4 is 4.74 Å². The van der Waals surface area contributed by atoms with Gasteiger partial charge in [0.05, 0.1) is 0 Å². The van der Waals surface area contributed by atoms with E-state index >= 15 is 0 Å². The predicted octanol–water partition coefficient (Wildman–Crippen LogP) is 4.19. The molecule has 3 aromatic carbocycles. The maximum Gasteiger partial charge on any atom is 0.119 e. The molecule has 0 aliphatic heterocycles. The van der Waals surface area contributed by atoms with E-state index in [2.05, 4.69) is 65.4 Å². The Bertz CT molecular complexity index is 853. The third kappa shape index (κ3) is 7.64. The molecular weight excluding hydrogens is 372 g/mol. The Balaban J connectivity index is 1.39. The molecule has 0 aliphatic carbocycles. The fraction of sp³-hybridized carbons (Fsp3) is 0.308. The number of hydrogen-bond donors (Lipinski definition) is 1. The lowest BCUT2D eigenvalue weighted by Crippen LogP contribution is -2.32. The highest BCUT2D eigenvalue weighted by atomic mass is 16.5. The summed E-state index contributed by atoms with van der Waals surface area (Å²) in [5.41, 5.74) is 3.79. The Kier molecular flexibility index (Phi) is 8.45. The van der Waals surface area contributed by atoms with E-state index in [1.54, 1.807) is 0 Å². The van der Waals surface area contributed by atoms with Crippen molar-refractivity contribution >= 4 is 0 Å².